The summed E-state index contributed by atoms with van der Waals surface area (Å²) in [4.78, 5) is 23.5. The highest BCUT2D eigenvalue weighted by atomic mass is 32.2. The van der Waals surface area contributed by atoms with Gasteiger partial charge in [-0.1, -0.05) is 0 Å². The number of nitrogens with zero attached hydrogens (tertiary/aromatic N) is 1. The Morgan fingerprint density at radius 2 is 2.12 bits per heavy atom. The third kappa shape index (κ3) is 3.92. The predicted octanol–water partition coefficient (Wildman–Crippen LogP) is 0.856. The Morgan fingerprint density at radius 1 is 1.44 bits per heavy atom. The van der Waals surface area contributed by atoms with Gasteiger partial charge in [0.15, 0.2) is 0 Å². The number of carbonyl (C=O) groups excluding carboxylic acids is 1. The van der Waals surface area contributed by atoms with Crippen LogP contribution in [0.5, 0.6) is 0 Å². The number of carboxylic acid groups (broad SMARTS) is 1. The van der Waals surface area contributed by atoms with E-state index >= 15 is 0 Å². The van der Waals surface area contributed by atoms with Gasteiger partial charge in [0.05, 0.1) is 5.92 Å². The highest BCUT2D eigenvalue weighted by molar-refractivity contribution is 7.98. The molecule has 1 aliphatic rings. The van der Waals surface area contributed by atoms with Crippen molar-refractivity contribution in [2.45, 2.75) is 12.8 Å². The van der Waals surface area contributed by atoms with E-state index in [0.717, 1.165) is 18.6 Å². The van der Waals surface area contributed by atoms with Crippen molar-refractivity contribution in [2.75, 3.05) is 31.6 Å². The Balaban J connectivity index is 2.02. The van der Waals surface area contributed by atoms with Crippen molar-refractivity contribution in [3.63, 3.8) is 0 Å². The van der Waals surface area contributed by atoms with Crippen LogP contribution < -0.4 is 5.32 Å². The normalized spacial score (nSPS) is 15.7. The van der Waals surface area contributed by atoms with Crippen molar-refractivity contribution in [1.29, 1.82) is 0 Å². The van der Waals surface area contributed by atoms with E-state index < -0.39 is 5.97 Å². The van der Waals surface area contributed by atoms with Crippen LogP contribution in [0.25, 0.3) is 0 Å². The van der Waals surface area contributed by atoms with Gasteiger partial charge < -0.3 is 15.3 Å². The molecule has 0 aromatic rings. The van der Waals surface area contributed by atoms with E-state index in [-0.39, 0.29) is 11.9 Å². The summed E-state index contributed by atoms with van der Waals surface area (Å²) in [6.45, 7) is 1.35. The molecule has 0 saturated carbocycles. The van der Waals surface area contributed by atoms with Gasteiger partial charge in [-0.25, -0.2) is 4.79 Å². The van der Waals surface area contributed by atoms with Gasteiger partial charge in [-0.15, -0.1) is 0 Å². The SMILES string of the molecule is CSCCCCNC(=O)N1CC(C(=O)O)C1. The second kappa shape index (κ2) is 6.62. The first-order chi connectivity index (χ1) is 7.65. The van der Waals surface area contributed by atoms with E-state index in [1.165, 1.54) is 4.90 Å². The highest BCUT2D eigenvalue weighted by Crippen LogP contribution is 2.15. The Morgan fingerprint density at radius 3 is 2.69 bits per heavy atom. The number of carboxylic acids is 1. The molecule has 92 valence electrons. The van der Waals surface area contributed by atoms with Crippen LogP contribution in [0.1, 0.15) is 12.8 Å². The first-order valence-corrected chi connectivity index (χ1v) is 6.79. The van der Waals surface area contributed by atoms with Gasteiger partial charge >= 0.3 is 12.0 Å². The minimum Gasteiger partial charge on any atom is -0.481 e. The lowest BCUT2D eigenvalue weighted by molar-refractivity contribution is -0.146. The van der Waals surface area contributed by atoms with Crippen LogP contribution in [0.4, 0.5) is 4.79 Å². The molecule has 2 amide bonds. The summed E-state index contributed by atoms with van der Waals surface area (Å²) in [6, 6.07) is -0.137. The van der Waals surface area contributed by atoms with Crippen LogP contribution in [0, 0.1) is 5.92 Å². The standard InChI is InChI=1S/C10H18N2O3S/c1-16-5-3-2-4-11-10(15)12-6-8(7-12)9(13)14/h8H,2-7H2,1H3,(H,11,15)(H,13,14). The molecule has 16 heavy (non-hydrogen) atoms. The average molecular weight is 246 g/mol. The maximum Gasteiger partial charge on any atom is 0.317 e. The Bertz CT molecular complexity index is 254. The molecule has 1 heterocycles. The van der Waals surface area contributed by atoms with Crippen molar-refractivity contribution in [1.82, 2.24) is 10.2 Å². The van der Waals surface area contributed by atoms with E-state index in [0.29, 0.717) is 19.6 Å². The molecule has 1 fully saturated rings. The molecule has 0 aliphatic carbocycles. The van der Waals surface area contributed by atoms with Gasteiger partial charge in [-0.05, 0) is 24.9 Å². The average Bonchev–Trinajstić information content (AvgIpc) is 2.14. The van der Waals surface area contributed by atoms with E-state index in [9.17, 15) is 9.59 Å². The summed E-state index contributed by atoms with van der Waals surface area (Å²) in [5, 5.41) is 11.4. The maximum atomic E-state index is 11.4. The number of thioether (sulfide) groups is 1. The molecule has 1 aliphatic heterocycles. The van der Waals surface area contributed by atoms with E-state index in [1.807, 2.05) is 0 Å². The van der Waals surface area contributed by atoms with Gasteiger partial charge in [-0.3, -0.25) is 4.79 Å². The van der Waals surface area contributed by atoms with Crippen LogP contribution in [-0.2, 0) is 4.79 Å². The number of hydrogen-bond donors (Lipinski definition) is 2. The summed E-state index contributed by atoms with van der Waals surface area (Å²) in [5.41, 5.74) is 0. The van der Waals surface area contributed by atoms with E-state index in [4.69, 9.17) is 5.11 Å². The van der Waals surface area contributed by atoms with Crippen LogP contribution in [-0.4, -0.2) is 53.6 Å². The summed E-state index contributed by atoms with van der Waals surface area (Å²) >= 11 is 1.80. The molecule has 0 aromatic carbocycles. The van der Waals surface area contributed by atoms with Crippen molar-refractivity contribution < 1.29 is 14.7 Å². The fourth-order valence-electron chi connectivity index (χ4n) is 1.48. The molecule has 0 bridgehead atoms. The fraction of sp³-hybridized carbons (Fsp3) is 0.800. The topological polar surface area (TPSA) is 69.6 Å². The number of urea groups is 1. The Kier molecular flexibility index (Phi) is 5.45. The number of rotatable bonds is 6. The second-order valence-corrected chi connectivity index (χ2v) is 4.86. The lowest BCUT2D eigenvalue weighted by atomic mass is 10.0. The Hall–Kier alpha value is -0.910. The predicted molar refractivity (Wildman–Crippen MR) is 63.7 cm³/mol. The van der Waals surface area contributed by atoms with Gasteiger partial charge in [0.25, 0.3) is 0 Å². The van der Waals surface area contributed by atoms with Crippen LogP contribution in [0.2, 0.25) is 0 Å². The van der Waals surface area contributed by atoms with Crippen molar-refractivity contribution in [2.24, 2.45) is 5.92 Å². The molecule has 0 aromatic heterocycles. The molecule has 0 radical (unpaired) electrons. The molecule has 0 unspecified atom stereocenters. The van der Waals surface area contributed by atoms with Crippen LogP contribution in [0.15, 0.2) is 0 Å². The first-order valence-electron chi connectivity index (χ1n) is 5.39. The minimum atomic E-state index is -0.816. The number of amides is 2. The Labute approximate surface area is 99.6 Å². The minimum absolute atomic E-state index is 0.137. The molecule has 1 rings (SSSR count). The van der Waals surface area contributed by atoms with Crippen molar-refractivity contribution in [3.05, 3.63) is 0 Å². The number of likely N-dealkylation sites (tertiary alicyclic amines) is 1. The molecule has 0 spiro atoms. The fourth-order valence-corrected chi connectivity index (χ4v) is 1.97. The van der Waals surface area contributed by atoms with E-state index in [2.05, 4.69) is 11.6 Å². The highest BCUT2D eigenvalue weighted by Gasteiger charge is 2.35. The molecule has 5 nitrogen and oxygen atoms in total. The lowest BCUT2D eigenvalue weighted by Crippen LogP contribution is -2.56. The lowest BCUT2D eigenvalue weighted by Gasteiger charge is -2.36. The van der Waals surface area contributed by atoms with Crippen molar-refractivity contribution in [3.8, 4) is 0 Å². The molecule has 6 heteroatoms. The third-order valence-corrected chi connectivity index (χ3v) is 3.27. The van der Waals surface area contributed by atoms with Gasteiger partial charge in [0.2, 0.25) is 0 Å². The zero-order valence-corrected chi connectivity index (χ0v) is 10.3. The number of hydrogen-bond acceptors (Lipinski definition) is 3. The second-order valence-electron chi connectivity index (χ2n) is 3.87. The van der Waals surface area contributed by atoms with Crippen LogP contribution in [0.3, 0.4) is 0 Å². The number of carbonyl (C=O) groups is 2. The third-order valence-electron chi connectivity index (χ3n) is 2.57. The maximum absolute atomic E-state index is 11.4. The number of aliphatic carboxylic acids is 1. The van der Waals surface area contributed by atoms with Gasteiger partial charge in [0, 0.05) is 19.6 Å². The number of nitrogens with one attached hydrogen (secondary N) is 1. The number of unbranched alkanes of at least 4 members (excludes halogenated alkanes) is 1. The zero-order valence-electron chi connectivity index (χ0n) is 9.44. The quantitative estimate of drug-likeness (QED) is 0.682. The monoisotopic (exact) mass is 246 g/mol. The molecule has 2 N–H and O–H groups in total. The van der Waals surface area contributed by atoms with E-state index in [1.54, 1.807) is 11.8 Å². The zero-order chi connectivity index (χ0) is 12.0. The molecule has 0 atom stereocenters. The first kappa shape index (κ1) is 13.2. The van der Waals surface area contributed by atoms with Crippen molar-refractivity contribution >= 4 is 23.8 Å². The summed E-state index contributed by atoms with van der Waals surface area (Å²) in [5.74, 6) is -0.0769. The molecule has 1 saturated heterocycles. The summed E-state index contributed by atoms with van der Waals surface area (Å²) in [6.07, 6.45) is 4.13. The van der Waals surface area contributed by atoms with Crippen LogP contribution >= 0.6 is 11.8 Å². The smallest absolute Gasteiger partial charge is 0.317 e. The van der Waals surface area contributed by atoms with Gasteiger partial charge in [-0.2, -0.15) is 11.8 Å². The van der Waals surface area contributed by atoms with Gasteiger partial charge in [0.1, 0.15) is 0 Å². The summed E-state index contributed by atoms with van der Waals surface area (Å²) < 4.78 is 0. The molecular weight excluding hydrogens is 228 g/mol. The molecular formula is C10H18N2O3S. The summed E-state index contributed by atoms with van der Waals surface area (Å²) in [7, 11) is 0. The largest absolute Gasteiger partial charge is 0.481 e.